The van der Waals surface area contributed by atoms with Crippen molar-refractivity contribution in [1.82, 2.24) is 10.0 Å². The Balaban J connectivity index is 1.49. The molecule has 7 N–H and O–H groups in total. The second-order valence-corrected chi connectivity index (χ2v) is 13.3. The topological polar surface area (TPSA) is 251 Å². The molecule has 0 fully saturated rings. The summed E-state index contributed by atoms with van der Waals surface area (Å²) >= 11 is 0. The van der Waals surface area contributed by atoms with Crippen LogP contribution in [0.25, 0.3) is 6.08 Å². The number of aliphatic hydroxyl groups excluding tert-OH is 1. The highest BCUT2D eigenvalue weighted by molar-refractivity contribution is 7.89. The average molecular weight is 834 g/mol. The summed E-state index contributed by atoms with van der Waals surface area (Å²) in [5.41, 5.74) is 10.4. The van der Waals surface area contributed by atoms with E-state index in [1.807, 2.05) is 0 Å². The van der Waals surface area contributed by atoms with Crippen LogP contribution < -0.4 is 26.2 Å². The quantitative estimate of drug-likeness (QED) is 0.0297. The first-order valence-corrected chi connectivity index (χ1v) is 19.4. The van der Waals surface area contributed by atoms with Gasteiger partial charge in [-0.3, -0.25) is 9.59 Å². The third-order valence-electron chi connectivity index (χ3n) is 7.00. The lowest BCUT2D eigenvalue weighted by atomic mass is 10.1. The molecule has 0 aliphatic rings. The van der Waals surface area contributed by atoms with Gasteiger partial charge in [-0.05, 0) is 55.0 Å². The molecular weight excluding hydrogens is 780 g/mol. The van der Waals surface area contributed by atoms with Gasteiger partial charge in [0.1, 0.15) is 5.75 Å². The van der Waals surface area contributed by atoms with Gasteiger partial charge in [-0.25, -0.2) is 21.9 Å². The highest BCUT2D eigenvalue weighted by Gasteiger charge is 2.17. The molecule has 0 bridgehead atoms. The fourth-order valence-electron chi connectivity index (χ4n) is 4.30. The van der Waals surface area contributed by atoms with Crippen LogP contribution in [0.2, 0.25) is 0 Å². The lowest BCUT2D eigenvalue weighted by molar-refractivity contribution is -0.122. The van der Waals surface area contributed by atoms with Crippen molar-refractivity contribution in [3.63, 3.8) is 0 Å². The summed E-state index contributed by atoms with van der Waals surface area (Å²) in [5, 5.41) is 11.3. The van der Waals surface area contributed by atoms with E-state index in [9.17, 15) is 26.8 Å². The average Bonchev–Trinajstić information content (AvgIpc) is 3.16. The molecule has 0 aliphatic heterocycles. The van der Waals surface area contributed by atoms with Crippen LogP contribution in [0.5, 0.6) is 11.5 Å². The number of sulfonamides is 1. The fourth-order valence-corrected chi connectivity index (χ4v) is 5.31. The standard InChI is InChI=1S/C36H53F2N5O13S/c1-27(35(46)43-36(39)40)24-28-25-31(37)34(32(38)26-28)56-29-2-4-30(5-3-29)57(47,48)42-8-12-51-16-20-54-19-15-50-11-7-41-33(45)6-10-49-14-18-53-22-23-55-21-17-52-13-9-44/h2-5,24-26,42,44H,6-23H2,1H3,(H,41,45)(H4,39,40,43,46)/b27-24+. The van der Waals surface area contributed by atoms with Gasteiger partial charge in [-0.2, -0.15) is 4.99 Å². The van der Waals surface area contributed by atoms with Gasteiger partial charge in [0.15, 0.2) is 23.3 Å². The van der Waals surface area contributed by atoms with Gasteiger partial charge in [0.2, 0.25) is 15.9 Å². The molecule has 0 atom stereocenters. The molecule has 18 nitrogen and oxygen atoms in total. The Morgan fingerprint density at radius 1 is 0.737 bits per heavy atom. The highest BCUT2D eigenvalue weighted by atomic mass is 32.2. The number of amides is 2. The van der Waals surface area contributed by atoms with Gasteiger partial charge in [0, 0.05) is 25.1 Å². The summed E-state index contributed by atoms with van der Waals surface area (Å²) in [7, 11) is -3.92. The van der Waals surface area contributed by atoms with Crippen LogP contribution in [0.15, 0.2) is 51.9 Å². The zero-order valence-electron chi connectivity index (χ0n) is 31.9. The molecule has 320 valence electrons. The summed E-state index contributed by atoms with van der Waals surface area (Å²) in [4.78, 5) is 27.0. The zero-order valence-corrected chi connectivity index (χ0v) is 32.7. The van der Waals surface area contributed by atoms with Crippen molar-refractivity contribution >= 4 is 33.9 Å². The highest BCUT2D eigenvalue weighted by Crippen LogP contribution is 2.30. The first-order valence-electron chi connectivity index (χ1n) is 17.9. The Morgan fingerprint density at radius 2 is 1.21 bits per heavy atom. The number of rotatable bonds is 32. The van der Waals surface area contributed by atoms with Crippen LogP contribution in [0.4, 0.5) is 8.78 Å². The number of benzene rings is 2. The van der Waals surface area contributed by atoms with E-state index in [1.165, 1.54) is 37.3 Å². The molecule has 0 aromatic heterocycles. The number of carbonyl (C=O) groups excluding carboxylic acids is 2. The minimum Gasteiger partial charge on any atom is -0.451 e. The Hall–Kier alpha value is -4.16. The van der Waals surface area contributed by atoms with Gasteiger partial charge < -0.3 is 59.8 Å². The summed E-state index contributed by atoms with van der Waals surface area (Å²) < 4.78 is 99.7. The molecule has 0 heterocycles. The molecule has 57 heavy (non-hydrogen) atoms. The minimum atomic E-state index is -3.92. The normalized spacial score (nSPS) is 11.8. The van der Waals surface area contributed by atoms with E-state index in [-0.39, 0.29) is 73.7 Å². The second-order valence-electron chi connectivity index (χ2n) is 11.6. The maximum Gasteiger partial charge on any atom is 0.275 e. The van der Waals surface area contributed by atoms with Gasteiger partial charge in [0.25, 0.3) is 5.91 Å². The third kappa shape index (κ3) is 22.4. The SMILES string of the molecule is C/C(=C\c1cc(F)c(Oc2ccc(S(=O)(=O)NCCOCCOCCOCCNC(=O)CCOCCOCCOCCOCCO)cc2)c(F)c1)C(=O)N=C(N)N. The van der Waals surface area contributed by atoms with Crippen molar-refractivity contribution in [3.8, 4) is 11.5 Å². The first-order chi connectivity index (χ1) is 27.4. The first kappa shape index (κ1) is 49.0. The number of guanidine groups is 1. The summed E-state index contributed by atoms with van der Waals surface area (Å²) in [6, 6.07) is 6.81. The smallest absolute Gasteiger partial charge is 0.275 e. The molecule has 2 aromatic carbocycles. The second kappa shape index (κ2) is 29.1. The minimum absolute atomic E-state index is 0.0155. The maximum atomic E-state index is 14.7. The predicted molar refractivity (Wildman–Crippen MR) is 203 cm³/mol. The number of halogens is 2. The van der Waals surface area contributed by atoms with Gasteiger partial charge >= 0.3 is 0 Å². The van der Waals surface area contributed by atoms with E-state index in [4.69, 9.17) is 54.5 Å². The molecule has 2 rings (SSSR count). The molecular formula is C36H53F2N5O13S. The van der Waals surface area contributed by atoms with Crippen LogP contribution in [0.1, 0.15) is 18.9 Å². The lowest BCUT2D eigenvalue weighted by Crippen LogP contribution is -2.28. The van der Waals surface area contributed by atoms with E-state index in [1.54, 1.807) is 0 Å². The van der Waals surface area contributed by atoms with E-state index in [2.05, 4.69) is 15.0 Å². The molecule has 0 unspecified atom stereocenters. The summed E-state index contributed by atoms with van der Waals surface area (Å²) in [6.45, 7) is 6.15. The Bertz CT molecular complexity index is 1620. The molecule has 2 aromatic rings. The summed E-state index contributed by atoms with van der Waals surface area (Å²) in [6.07, 6.45) is 1.41. The van der Waals surface area contributed by atoms with Crippen LogP contribution >= 0.6 is 0 Å². The van der Waals surface area contributed by atoms with Crippen LogP contribution in [-0.4, -0.2) is 143 Å². The maximum absolute atomic E-state index is 14.7. The van der Waals surface area contributed by atoms with E-state index < -0.39 is 39.3 Å². The number of aliphatic hydroxyl groups is 1. The molecule has 0 saturated carbocycles. The van der Waals surface area contributed by atoms with E-state index in [0.29, 0.717) is 72.6 Å². The van der Waals surface area contributed by atoms with Crippen molar-refractivity contribution in [2.75, 3.05) is 112 Å². The van der Waals surface area contributed by atoms with E-state index >= 15 is 0 Å². The monoisotopic (exact) mass is 833 g/mol. The molecule has 21 heteroatoms. The van der Waals surface area contributed by atoms with Gasteiger partial charge in [-0.1, -0.05) is 0 Å². The van der Waals surface area contributed by atoms with Crippen molar-refractivity contribution in [2.45, 2.75) is 18.2 Å². The number of hydrogen-bond acceptors (Lipinski definition) is 13. The Labute approximate surface area is 330 Å². The van der Waals surface area contributed by atoms with Gasteiger partial charge in [0.05, 0.1) is 104 Å². The molecule has 0 spiro atoms. The largest absolute Gasteiger partial charge is 0.451 e. The van der Waals surface area contributed by atoms with Crippen LogP contribution in [-0.2, 0) is 52.8 Å². The number of carbonyl (C=O) groups is 2. The van der Waals surface area contributed by atoms with Crippen molar-refractivity contribution in [3.05, 3.63) is 59.2 Å². The third-order valence-corrected chi connectivity index (χ3v) is 8.48. The zero-order chi connectivity index (χ0) is 41.7. The van der Waals surface area contributed by atoms with Crippen LogP contribution in [0, 0.1) is 11.6 Å². The summed E-state index contributed by atoms with van der Waals surface area (Å²) in [5.74, 6) is -4.25. The molecule has 0 aliphatic carbocycles. The molecule has 2 amide bonds. The number of nitrogens with one attached hydrogen (secondary N) is 2. The number of nitrogens with two attached hydrogens (primary N) is 2. The number of nitrogens with zero attached hydrogens (tertiary/aromatic N) is 1. The lowest BCUT2D eigenvalue weighted by Gasteiger charge is -2.11. The van der Waals surface area contributed by atoms with Crippen molar-refractivity contribution in [2.24, 2.45) is 16.5 Å². The Kier molecular flexibility index (Phi) is 25.0. The molecule has 0 saturated heterocycles. The van der Waals surface area contributed by atoms with Crippen LogP contribution in [0.3, 0.4) is 0 Å². The number of aliphatic imine (C=N–C) groups is 1. The fraction of sp³-hybridized carbons (Fsp3) is 0.528. The Morgan fingerprint density at radius 3 is 1.72 bits per heavy atom. The van der Waals surface area contributed by atoms with Crippen molar-refractivity contribution in [1.29, 1.82) is 0 Å². The molecule has 0 radical (unpaired) electrons. The number of ether oxygens (including phenoxy) is 8. The van der Waals surface area contributed by atoms with E-state index in [0.717, 1.165) is 12.1 Å². The number of hydrogen-bond donors (Lipinski definition) is 5. The van der Waals surface area contributed by atoms with Gasteiger partial charge in [-0.15, -0.1) is 0 Å². The predicted octanol–water partition coefficient (Wildman–Crippen LogP) is 0.854. The van der Waals surface area contributed by atoms with Crippen molar-refractivity contribution < 1.29 is 69.8 Å².